The van der Waals surface area contributed by atoms with Crippen molar-refractivity contribution in [1.82, 2.24) is 5.32 Å². The van der Waals surface area contributed by atoms with Crippen molar-refractivity contribution in [3.05, 3.63) is 32.8 Å². The molecule has 6 heteroatoms. The summed E-state index contributed by atoms with van der Waals surface area (Å²) in [5, 5.41) is 14.1. The molecule has 1 fully saturated rings. The van der Waals surface area contributed by atoms with E-state index in [4.69, 9.17) is 4.74 Å². The van der Waals surface area contributed by atoms with Crippen LogP contribution in [-0.2, 0) is 0 Å². The number of halogens is 1. The number of nitro groups is 1. The smallest absolute Gasteiger partial charge is 0.273 e. The summed E-state index contributed by atoms with van der Waals surface area (Å²) in [6.45, 7) is 1.69. The first-order chi connectivity index (χ1) is 9.16. The van der Waals surface area contributed by atoms with Crippen molar-refractivity contribution < 1.29 is 9.66 Å². The maximum absolute atomic E-state index is 10.7. The lowest BCUT2D eigenvalue weighted by atomic mass is 10.1. The molecule has 1 aliphatic rings. The van der Waals surface area contributed by atoms with Crippen LogP contribution in [0.3, 0.4) is 0 Å². The molecule has 1 aromatic rings. The average molecular weight is 329 g/mol. The van der Waals surface area contributed by atoms with Gasteiger partial charge in [-0.1, -0.05) is 0 Å². The molecule has 0 bridgehead atoms. The SMILES string of the molecule is O=[N+]([O-])c1ccc(Br)c(OCCCC2CCCN2)c1. The van der Waals surface area contributed by atoms with Crippen molar-refractivity contribution >= 4 is 21.6 Å². The lowest BCUT2D eigenvalue weighted by molar-refractivity contribution is -0.385. The zero-order valence-corrected chi connectivity index (χ0v) is 12.2. The molecular weight excluding hydrogens is 312 g/mol. The van der Waals surface area contributed by atoms with Gasteiger partial charge in [0.1, 0.15) is 5.75 Å². The summed E-state index contributed by atoms with van der Waals surface area (Å²) in [6, 6.07) is 5.17. The van der Waals surface area contributed by atoms with E-state index in [-0.39, 0.29) is 5.69 Å². The van der Waals surface area contributed by atoms with Crippen molar-refractivity contribution in [3.63, 3.8) is 0 Å². The fraction of sp³-hybridized carbons (Fsp3) is 0.538. The molecule has 0 spiro atoms. The Bertz CT molecular complexity index is 448. The third kappa shape index (κ3) is 4.18. The predicted octanol–water partition coefficient (Wildman–Crippen LogP) is 3.27. The van der Waals surface area contributed by atoms with E-state index < -0.39 is 4.92 Å². The summed E-state index contributed by atoms with van der Waals surface area (Å²) in [4.78, 5) is 10.3. The Balaban J connectivity index is 1.81. The highest BCUT2D eigenvalue weighted by Crippen LogP contribution is 2.29. The van der Waals surface area contributed by atoms with E-state index in [0.29, 0.717) is 18.4 Å². The molecule has 1 saturated heterocycles. The normalized spacial score (nSPS) is 18.5. The lowest BCUT2D eigenvalue weighted by Crippen LogP contribution is -2.21. The van der Waals surface area contributed by atoms with Gasteiger partial charge in [0, 0.05) is 12.1 Å². The Kier molecular flexibility index (Phi) is 5.15. The van der Waals surface area contributed by atoms with Gasteiger partial charge in [-0.2, -0.15) is 0 Å². The van der Waals surface area contributed by atoms with E-state index in [1.807, 2.05) is 0 Å². The van der Waals surface area contributed by atoms with E-state index in [9.17, 15) is 10.1 Å². The Hall–Kier alpha value is -1.14. The highest BCUT2D eigenvalue weighted by Gasteiger charge is 2.14. The first kappa shape index (κ1) is 14.3. The monoisotopic (exact) mass is 328 g/mol. The summed E-state index contributed by atoms with van der Waals surface area (Å²) < 4.78 is 6.36. The number of hydrogen-bond acceptors (Lipinski definition) is 4. The van der Waals surface area contributed by atoms with E-state index >= 15 is 0 Å². The molecule has 0 amide bonds. The van der Waals surface area contributed by atoms with Crippen LogP contribution in [0, 0.1) is 10.1 Å². The standard InChI is InChI=1S/C13H17BrN2O3/c14-12-6-5-11(16(17)18)9-13(12)19-8-2-4-10-3-1-7-15-10/h5-6,9-10,15H,1-4,7-8H2. The van der Waals surface area contributed by atoms with Crippen LogP contribution in [0.2, 0.25) is 0 Å². The fourth-order valence-corrected chi connectivity index (χ4v) is 2.59. The number of nitrogens with zero attached hydrogens (tertiary/aromatic N) is 1. The molecule has 1 unspecified atom stereocenters. The minimum Gasteiger partial charge on any atom is -0.492 e. The van der Waals surface area contributed by atoms with Crippen molar-refractivity contribution in [2.45, 2.75) is 31.7 Å². The van der Waals surface area contributed by atoms with Crippen LogP contribution in [0.1, 0.15) is 25.7 Å². The number of benzene rings is 1. The molecule has 0 aliphatic carbocycles. The molecule has 0 aromatic heterocycles. The van der Waals surface area contributed by atoms with Gasteiger partial charge >= 0.3 is 0 Å². The highest BCUT2D eigenvalue weighted by molar-refractivity contribution is 9.10. The second kappa shape index (κ2) is 6.86. The number of nitro benzene ring substituents is 1. The molecule has 1 heterocycles. The Morgan fingerprint density at radius 3 is 3.05 bits per heavy atom. The summed E-state index contributed by atoms with van der Waals surface area (Å²) in [5.41, 5.74) is 0.0515. The molecule has 0 saturated carbocycles. The first-order valence-electron chi connectivity index (χ1n) is 6.47. The van der Waals surface area contributed by atoms with Crippen molar-refractivity contribution in [3.8, 4) is 5.75 Å². The van der Waals surface area contributed by atoms with Gasteiger partial charge in [0.2, 0.25) is 0 Å². The summed E-state index contributed by atoms with van der Waals surface area (Å²) >= 11 is 3.34. The molecule has 104 valence electrons. The van der Waals surface area contributed by atoms with Crippen molar-refractivity contribution in [2.75, 3.05) is 13.2 Å². The minimum absolute atomic E-state index is 0.0515. The Labute approximate surface area is 120 Å². The lowest BCUT2D eigenvalue weighted by Gasteiger charge is -2.11. The predicted molar refractivity (Wildman–Crippen MR) is 76.6 cm³/mol. The zero-order chi connectivity index (χ0) is 13.7. The van der Waals surface area contributed by atoms with Gasteiger partial charge < -0.3 is 10.1 Å². The average Bonchev–Trinajstić information content (AvgIpc) is 2.89. The highest BCUT2D eigenvalue weighted by atomic mass is 79.9. The third-order valence-electron chi connectivity index (χ3n) is 3.24. The van der Waals surface area contributed by atoms with Crippen LogP contribution >= 0.6 is 15.9 Å². The quantitative estimate of drug-likeness (QED) is 0.494. The van der Waals surface area contributed by atoms with Gasteiger partial charge in [0.15, 0.2) is 0 Å². The summed E-state index contributed by atoms with van der Waals surface area (Å²) in [7, 11) is 0. The largest absolute Gasteiger partial charge is 0.492 e. The molecular formula is C13H17BrN2O3. The van der Waals surface area contributed by atoms with Gasteiger partial charge in [-0.3, -0.25) is 10.1 Å². The van der Waals surface area contributed by atoms with Crippen LogP contribution in [0.5, 0.6) is 5.75 Å². The maximum Gasteiger partial charge on any atom is 0.273 e. The number of non-ortho nitro benzene ring substituents is 1. The van der Waals surface area contributed by atoms with E-state index in [1.165, 1.54) is 25.0 Å². The Morgan fingerprint density at radius 2 is 2.37 bits per heavy atom. The first-order valence-corrected chi connectivity index (χ1v) is 7.26. The molecule has 1 atom stereocenters. The van der Waals surface area contributed by atoms with Crippen molar-refractivity contribution in [1.29, 1.82) is 0 Å². The van der Waals surface area contributed by atoms with Crippen LogP contribution in [-0.4, -0.2) is 24.1 Å². The van der Waals surface area contributed by atoms with Crippen LogP contribution in [0.25, 0.3) is 0 Å². The van der Waals surface area contributed by atoms with Gasteiger partial charge in [-0.25, -0.2) is 0 Å². The second-order valence-corrected chi connectivity index (χ2v) is 5.51. The van der Waals surface area contributed by atoms with Crippen molar-refractivity contribution in [2.24, 2.45) is 0 Å². The van der Waals surface area contributed by atoms with Crippen LogP contribution in [0.4, 0.5) is 5.69 Å². The maximum atomic E-state index is 10.7. The number of nitrogens with one attached hydrogen (secondary N) is 1. The summed E-state index contributed by atoms with van der Waals surface area (Å²) in [5.74, 6) is 0.536. The van der Waals surface area contributed by atoms with Crippen LogP contribution in [0.15, 0.2) is 22.7 Å². The number of hydrogen-bond donors (Lipinski definition) is 1. The van der Waals surface area contributed by atoms with Gasteiger partial charge in [0.05, 0.1) is 22.1 Å². The fourth-order valence-electron chi connectivity index (χ4n) is 2.23. The molecule has 2 rings (SSSR count). The van der Waals surface area contributed by atoms with E-state index in [0.717, 1.165) is 23.9 Å². The summed E-state index contributed by atoms with van der Waals surface area (Å²) in [6.07, 6.45) is 4.53. The molecule has 5 nitrogen and oxygen atoms in total. The molecule has 0 radical (unpaired) electrons. The molecule has 1 aliphatic heterocycles. The van der Waals surface area contributed by atoms with Gasteiger partial charge in [0.25, 0.3) is 5.69 Å². The third-order valence-corrected chi connectivity index (χ3v) is 3.90. The molecule has 1 aromatic carbocycles. The number of ether oxygens (including phenoxy) is 1. The Morgan fingerprint density at radius 1 is 1.53 bits per heavy atom. The molecule has 19 heavy (non-hydrogen) atoms. The van der Waals surface area contributed by atoms with Gasteiger partial charge in [-0.15, -0.1) is 0 Å². The van der Waals surface area contributed by atoms with Gasteiger partial charge in [-0.05, 0) is 54.2 Å². The van der Waals surface area contributed by atoms with E-state index in [2.05, 4.69) is 21.2 Å². The second-order valence-electron chi connectivity index (χ2n) is 4.66. The minimum atomic E-state index is -0.415. The zero-order valence-electron chi connectivity index (χ0n) is 10.6. The number of rotatable bonds is 6. The van der Waals surface area contributed by atoms with E-state index in [1.54, 1.807) is 6.07 Å². The topological polar surface area (TPSA) is 64.4 Å². The van der Waals surface area contributed by atoms with Crippen LogP contribution < -0.4 is 10.1 Å². The molecule has 1 N–H and O–H groups in total.